The molecule has 1 aromatic heterocycles. The van der Waals surface area contributed by atoms with Gasteiger partial charge in [0, 0.05) is 61.9 Å². The van der Waals surface area contributed by atoms with Crippen LogP contribution in [0.25, 0.3) is 10.9 Å². The van der Waals surface area contributed by atoms with Crippen LogP contribution < -0.4 is 16.0 Å². The fourth-order valence-electron chi connectivity index (χ4n) is 6.26. The fourth-order valence-corrected chi connectivity index (χ4v) is 6.26. The zero-order valence-electron chi connectivity index (χ0n) is 24.9. The van der Waals surface area contributed by atoms with Crippen molar-refractivity contribution in [3.63, 3.8) is 0 Å². The number of H-pyrrole nitrogens is 1. The highest BCUT2D eigenvalue weighted by Gasteiger charge is 2.43. The Hall–Kier alpha value is -4.71. The molecule has 6 rings (SSSR count). The van der Waals surface area contributed by atoms with Crippen LogP contribution in [0, 0.1) is 5.92 Å². The number of hydrogen-bond acceptors (Lipinski definition) is 6. The molecule has 2 aliphatic heterocycles. The number of benzene rings is 2. The molecule has 0 spiro atoms. The number of para-hydroxylation sites is 1. The van der Waals surface area contributed by atoms with Crippen molar-refractivity contribution in [1.82, 2.24) is 30.7 Å². The number of hydrogen-bond donors (Lipinski definition) is 5. The fraction of sp³-hybridized carbons (Fsp3) is 0.424. The van der Waals surface area contributed by atoms with Gasteiger partial charge in [-0.3, -0.25) is 24.0 Å². The Kier molecular flexibility index (Phi) is 8.83. The van der Waals surface area contributed by atoms with E-state index in [9.17, 15) is 29.1 Å². The molecule has 236 valence electrons. The van der Waals surface area contributed by atoms with Crippen molar-refractivity contribution < 1.29 is 29.1 Å². The van der Waals surface area contributed by atoms with Gasteiger partial charge in [0.25, 0.3) is 0 Å². The van der Waals surface area contributed by atoms with E-state index in [1.54, 1.807) is 6.20 Å². The van der Waals surface area contributed by atoms with Crippen molar-refractivity contribution in [1.29, 1.82) is 0 Å². The highest BCUT2D eigenvalue weighted by Crippen LogP contribution is 2.31. The summed E-state index contributed by atoms with van der Waals surface area (Å²) in [5.41, 5.74) is 2.50. The molecular weight excluding hydrogens is 576 g/mol. The topological polar surface area (TPSA) is 164 Å². The smallest absolute Gasteiger partial charge is 0.246 e. The quantitative estimate of drug-likeness (QED) is 0.277. The van der Waals surface area contributed by atoms with Crippen molar-refractivity contribution >= 4 is 40.4 Å². The van der Waals surface area contributed by atoms with Gasteiger partial charge in [-0.05, 0) is 30.0 Å². The first-order valence-corrected chi connectivity index (χ1v) is 15.5. The predicted octanol–water partition coefficient (Wildman–Crippen LogP) is 0.253. The van der Waals surface area contributed by atoms with Gasteiger partial charge in [0.15, 0.2) is 0 Å². The van der Waals surface area contributed by atoms with Crippen molar-refractivity contribution in [2.75, 3.05) is 26.2 Å². The lowest BCUT2D eigenvalue weighted by Crippen LogP contribution is -2.57. The van der Waals surface area contributed by atoms with E-state index in [4.69, 9.17) is 0 Å². The molecule has 1 aliphatic carbocycles. The summed E-state index contributed by atoms with van der Waals surface area (Å²) in [5, 5.41) is 20.0. The van der Waals surface area contributed by atoms with Crippen LogP contribution in [-0.4, -0.2) is 99.8 Å². The molecule has 5 amide bonds. The lowest BCUT2D eigenvalue weighted by atomic mass is 10.0. The first-order valence-electron chi connectivity index (χ1n) is 15.5. The number of carbonyl (C=O) groups excluding carboxylic acids is 5. The van der Waals surface area contributed by atoms with Gasteiger partial charge in [0.05, 0.1) is 12.6 Å². The third kappa shape index (κ3) is 7.01. The zero-order chi connectivity index (χ0) is 31.5. The first kappa shape index (κ1) is 30.3. The van der Waals surface area contributed by atoms with Crippen LogP contribution >= 0.6 is 0 Å². The van der Waals surface area contributed by atoms with Crippen LogP contribution in [0.2, 0.25) is 0 Å². The Labute approximate surface area is 260 Å². The molecule has 1 saturated carbocycles. The number of aliphatic hydroxyl groups excluding tert-OH is 1. The van der Waals surface area contributed by atoms with Crippen LogP contribution in [0.5, 0.6) is 0 Å². The lowest BCUT2D eigenvalue weighted by Gasteiger charge is -2.30. The highest BCUT2D eigenvalue weighted by molar-refractivity contribution is 5.96. The second-order valence-electron chi connectivity index (χ2n) is 12.2. The van der Waals surface area contributed by atoms with Crippen LogP contribution in [0.4, 0.5) is 0 Å². The summed E-state index contributed by atoms with van der Waals surface area (Å²) in [4.78, 5) is 73.8. The van der Waals surface area contributed by atoms with E-state index in [0.717, 1.165) is 34.9 Å². The number of carbonyl (C=O) groups is 5. The number of amides is 5. The summed E-state index contributed by atoms with van der Waals surface area (Å²) >= 11 is 0. The first-order chi connectivity index (χ1) is 21.8. The number of fused-ring (bicyclic) bond motifs is 2. The largest absolute Gasteiger partial charge is 0.391 e. The summed E-state index contributed by atoms with van der Waals surface area (Å²) < 4.78 is 0. The number of aromatic nitrogens is 1. The number of nitrogens with one attached hydrogen (secondary N) is 4. The van der Waals surface area contributed by atoms with Crippen LogP contribution in [0.1, 0.15) is 30.4 Å². The van der Waals surface area contributed by atoms with E-state index in [0.29, 0.717) is 0 Å². The van der Waals surface area contributed by atoms with Crippen molar-refractivity contribution in [2.45, 2.75) is 56.3 Å². The minimum absolute atomic E-state index is 0.00529. The van der Waals surface area contributed by atoms with E-state index < -0.39 is 47.9 Å². The summed E-state index contributed by atoms with van der Waals surface area (Å²) in [6.45, 7) is -0.196. The van der Waals surface area contributed by atoms with Gasteiger partial charge < -0.3 is 35.8 Å². The molecule has 3 fully saturated rings. The Balaban J connectivity index is 1.32. The Morgan fingerprint density at radius 2 is 1.64 bits per heavy atom. The molecule has 3 heterocycles. The van der Waals surface area contributed by atoms with Gasteiger partial charge in [-0.15, -0.1) is 0 Å². The van der Waals surface area contributed by atoms with Gasteiger partial charge >= 0.3 is 0 Å². The third-order valence-electron chi connectivity index (χ3n) is 8.77. The Morgan fingerprint density at radius 3 is 2.42 bits per heavy atom. The lowest BCUT2D eigenvalue weighted by molar-refractivity contribution is -0.142. The number of aliphatic hydroxyl groups is 1. The van der Waals surface area contributed by atoms with Crippen molar-refractivity contribution in [3.05, 3.63) is 71.9 Å². The summed E-state index contributed by atoms with van der Waals surface area (Å²) in [6.07, 6.45) is 2.65. The van der Waals surface area contributed by atoms with Gasteiger partial charge in [0.2, 0.25) is 29.5 Å². The second-order valence-corrected chi connectivity index (χ2v) is 12.2. The Bertz CT molecular complexity index is 1590. The maximum absolute atomic E-state index is 14.2. The monoisotopic (exact) mass is 614 g/mol. The Morgan fingerprint density at radius 1 is 0.889 bits per heavy atom. The average Bonchev–Trinajstić information content (AvgIpc) is 3.70. The normalized spacial score (nSPS) is 25.2. The number of aromatic amines is 1. The molecule has 4 atom stereocenters. The summed E-state index contributed by atoms with van der Waals surface area (Å²) in [6, 6.07) is 13.8. The number of nitrogens with zero attached hydrogens (tertiary/aromatic N) is 2. The molecule has 45 heavy (non-hydrogen) atoms. The van der Waals surface area contributed by atoms with E-state index in [1.165, 1.54) is 9.80 Å². The standard InChI is InChI=1S/C33H38N6O6/c40-23-16-28-31(43)37-26(14-20-6-2-1-3-7-20)30(42)34-12-13-38(32(44)21-10-11-21)19-29(41)36-27(33(45)39(28)18-23)15-22-17-35-25-9-5-4-8-24(22)25/h1-9,17,21,23,26-28,35,40H,10-16,18-19H2,(H,34,42)(H,36,41)(H,37,43)/t23-,26+,27-,28+/m1/s1. The molecule has 2 saturated heterocycles. The minimum Gasteiger partial charge on any atom is -0.391 e. The molecule has 12 nitrogen and oxygen atoms in total. The van der Waals surface area contributed by atoms with E-state index in [2.05, 4.69) is 20.9 Å². The molecule has 12 heteroatoms. The van der Waals surface area contributed by atoms with Crippen LogP contribution in [0.15, 0.2) is 60.8 Å². The maximum atomic E-state index is 14.2. The van der Waals surface area contributed by atoms with Gasteiger partial charge in [0.1, 0.15) is 18.1 Å². The van der Waals surface area contributed by atoms with Gasteiger partial charge in [-0.25, -0.2) is 0 Å². The molecule has 3 aliphatic rings. The molecule has 5 N–H and O–H groups in total. The predicted molar refractivity (Wildman–Crippen MR) is 164 cm³/mol. The van der Waals surface area contributed by atoms with Crippen LogP contribution in [0.3, 0.4) is 0 Å². The van der Waals surface area contributed by atoms with E-state index >= 15 is 0 Å². The number of rotatable bonds is 5. The average molecular weight is 615 g/mol. The summed E-state index contributed by atoms with van der Waals surface area (Å²) in [5.74, 6) is -2.38. The van der Waals surface area contributed by atoms with Crippen molar-refractivity contribution in [2.24, 2.45) is 5.92 Å². The molecule has 0 radical (unpaired) electrons. The SMILES string of the molecule is O=C1CN(C(=O)C2CC2)CCNC(=O)[C@H](Cc2ccccc2)NC(=O)[C@@H]2C[C@@H](O)CN2C(=O)[C@@H](Cc2c[nH]c3ccccc23)N1. The third-order valence-corrected chi connectivity index (χ3v) is 8.77. The molecule has 2 aromatic carbocycles. The highest BCUT2D eigenvalue weighted by atomic mass is 16.3. The van der Waals surface area contributed by atoms with Gasteiger partial charge in [-0.2, -0.15) is 0 Å². The van der Waals surface area contributed by atoms with E-state index in [-0.39, 0.29) is 57.3 Å². The second kappa shape index (κ2) is 13.1. The molecule has 3 aromatic rings. The van der Waals surface area contributed by atoms with Crippen molar-refractivity contribution in [3.8, 4) is 0 Å². The molecule has 0 unspecified atom stereocenters. The van der Waals surface area contributed by atoms with Crippen LogP contribution in [-0.2, 0) is 36.8 Å². The maximum Gasteiger partial charge on any atom is 0.246 e. The van der Waals surface area contributed by atoms with Gasteiger partial charge in [-0.1, -0.05) is 48.5 Å². The van der Waals surface area contributed by atoms with E-state index in [1.807, 2.05) is 54.6 Å². The molecule has 0 bridgehead atoms. The molecular formula is C33H38N6O6. The zero-order valence-corrected chi connectivity index (χ0v) is 24.9. The minimum atomic E-state index is -1.07. The summed E-state index contributed by atoms with van der Waals surface area (Å²) in [7, 11) is 0.